The van der Waals surface area contributed by atoms with E-state index in [9.17, 15) is 8.78 Å². The first-order valence-electron chi connectivity index (χ1n) is 6.39. The van der Waals surface area contributed by atoms with Crippen molar-refractivity contribution in [2.75, 3.05) is 5.32 Å². The summed E-state index contributed by atoms with van der Waals surface area (Å²) in [4.78, 5) is 0. The van der Waals surface area contributed by atoms with Gasteiger partial charge in [0, 0.05) is 11.7 Å². The van der Waals surface area contributed by atoms with Gasteiger partial charge in [-0.15, -0.1) is 0 Å². The maximum absolute atomic E-state index is 12.1. The molecule has 0 radical (unpaired) electrons. The molecule has 0 fully saturated rings. The summed E-state index contributed by atoms with van der Waals surface area (Å²) in [6.07, 6.45) is 2.18. The predicted octanol–water partition coefficient (Wildman–Crippen LogP) is 5.18. The molecule has 0 spiro atoms. The summed E-state index contributed by atoms with van der Waals surface area (Å²) in [5.74, 6) is 0.659. The average Bonchev–Trinajstić information content (AvgIpc) is 2.29. The van der Waals surface area contributed by atoms with Gasteiger partial charge in [-0.2, -0.15) is 8.78 Å². The molecule has 0 aliphatic heterocycles. The van der Waals surface area contributed by atoms with Gasteiger partial charge < -0.3 is 10.1 Å². The molecule has 1 unspecified atom stereocenters. The minimum absolute atomic E-state index is 0.00273. The van der Waals surface area contributed by atoms with Crippen molar-refractivity contribution in [1.29, 1.82) is 0 Å². The van der Waals surface area contributed by atoms with E-state index in [1.807, 2.05) is 0 Å². The Balaban J connectivity index is 2.58. The molecule has 0 aromatic heterocycles. The van der Waals surface area contributed by atoms with Crippen LogP contribution in [-0.4, -0.2) is 12.7 Å². The number of anilines is 1. The summed E-state index contributed by atoms with van der Waals surface area (Å²) in [6.45, 7) is 3.58. The molecule has 2 nitrogen and oxygen atoms in total. The molecule has 1 aromatic rings. The SMILES string of the molecule is CC(C)CCC(C)Nc1ccc(OC(F)F)c(Cl)c1. The molecular formula is C14H20ClF2NO. The molecule has 19 heavy (non-hydrogen) atoms. The lowest BCUT2D eigenvalue weighted by atomic mass is 10.0. The Morgan fingerprint density at radius 2 is 1.89 bits per heavy atom. The van der Waals surface area contributed by atoms with Gasteiger partial charge in [-0.3, -0.25) is 0 Å². The van der Waals surface area contributed by atoms with E-state index < -0.39 is 6.61 Å². The van der Waals surface area contributed by atoms with Crippen LogP contribution in [0.4, 0.5) is 14.5 Å². The third-order valence-corrected chi connectivity index (χ3v) is 3.03. The second kappa shape index (κ2) is 7.53. The molecule has 5 heteroatoms. The van der Waals surface area contributed by atoms with Crippen molar-refractivity contribution in [2.45, 2.75) is 46.3 Å². The van der Waals surface area contributed by atoms with Crippen LogP contribution in [0.5, 0.6) is 5.75 Å². The lowest BCUT2D eigenvalue weighted by molar-refractivity contribution is -0.0497. The van der Waals surface area contributed by atoms with Gasteiger partial charge >= 0.3 is 6.61 Å². The van der Waals surface area contributed by atoms with Crippen LogP contribution in [0.3, 0.4) is 0 Å². The molecule has 1 atom stereocenters. The summed E-state index contributed by atoms with van der Waals surface area (Å²) in [7, 11) is 0. The standard InChI is InChI=1S/C14H20ClF2NO/c1-9(2)4-5-10(3)18-11-6-7-13(12(15)8-11)19-14(16)17/h6-10,14,18H,4-5H2,1-3H3. The van der Waals surface area contributed by atoms with Crippen molar-refractivity contribution in [2.24, 2.45) is 5.92 Å². The summed E-state index contributed by atoms with van der Waals surface area (Å²) in [5.41, 5.74) is 0.808. The van der Waals surface area contributed by atoms with E-state index in [0.29, 0.717) is 12.0 Å². The number of rotatable bonds is 7. The van der Waals surface area contributed by atoms with E-state index in [1.54, 1.807) is 12.1 Å². The first-order chi connectivity index (χ1) is 8.88. The van der Waals surface area contributed by atoms with Crippen molar-refractivity contribution >= 4 is 17.3 Å². The van der Waals surface area contributed by atoms with E-state index in [-0.39, 0.29) is 10.8 Å². The predicted molar refractivity (Wildman–Crippen MR) is 75.2 cm³/mol. The minimum atomic E-state index is -2.86. The van der Waals surface area contributed by atoms with Crippen LogP contribution >= 0.6 is 11.6 Å². The maximum Gasteiger partial charge on any atom is 0.387 e. The Labute approximate surface area is 118 Å². The van der Waals surface area contributed by atoms with E-state index in [0.717, 1.165) is 18.5 Å². The smallest absolute Gasteiger partial charge is 0.387 e. The van der Waals surface area contributed by atoms with Crippen LogP contribution in [0.2, 0.25) is 5.02 Å². The number of hydrogen-bond acceptors (Lipinski definition) is 2. The fourth-order valence-corrected chi connectivity index (χ4v) is 1.95. The van der Waals surface area contributed by atoms with E-state index in [4.69, 9.17) is 11.6 Å². The Morgan fingerprint density at radius 1 is 1.21 bits per heavy atom. The molecule has 0 amide bonds. The van der Waals surface area contributed by atoms with Gasteiger partial charge in [0.1, 0.15) is 5.75 Å². The Morgan fingerprint density at radius 3 is 2.42 bits per heavy atom. The molecular weight excluding hydrogens is 272 g/mol. The molecule has 1 aromatic carbocycles. The highest BCUT2D eigenvalue weighted by Gasteiger charge is 2.10. The zero-order valence-corrected chi connectivity index (χ0v) is 12.2. The average molecular weight is 292 g/mol. The first kappa shape index (κ1) is 16.0. The normalized spacial score (nSPS) is 12.8. The van der Waals surface area contributed by atoms with Crippen molar-refractivity contribution < 1.29 is 13.5 Å². The lowest BCUT2D eigenvalue weighted by Gasteiger charge is -2.17. The van der Waals surface area contributed by atoms with Gasteiger partial charge in [-0.25, -0.2) is 0 Å². The number of ether oxygens (including phenoxy) is 1. The molecule has 0 aliphatic rings. The Kier molecular flexibility index (Phi) is 6.35. The van der Waals surface area contributed by atoms with Gasteiger partial charge in [0.2, 0.25) is 0 Å². The highest BCUT2D eigenvalue weighted by molar-refractivity contribution is 6.32. The first-order valence-corrected chi connectivity index (χ1v) is 6.77. The highest BCUT2D eigenvalue weighted by Crippen LogP contribution is 2.29. The monoisotopic (exact) mass is 291 g/mol. The van der Waals surface area contributed by atoms with Crippen LogP contribution in [0, 0.1) is 5.92 Å². The summed E-state index contributed by atoms with van der Waals surface area (Å²) < 4.78 is 28.5. The molecule has 0 heterocycles. The number of nitrogens with one attached hydrogen (secondary N) is 1. The van der Waals surface area contributed by atoms with E-state index >= 15 is 0 Å². The van der Waals surface area contributed by atoms with Crippen molar-refractivity contribution in [3.8, 4) is 5.75 Å². The van der Waals surface area contributed by atoms with Crippen LogP contribution in [0.15, 0.2) is 18.2 Å². The third kappa shape index (κ3) is 6.10. The van der Waals surface area contributed by atoms with Crippen LogP contribution in [0.1, 0.15) is 33.6 Å². The number of alkyl halides is 2. The zero-order chi connectivity index (χ0) is 14.4. The molecule has 0 aliphatic carbocycles. The van der Waals surface area contributed by atoms with E-state index in [1.165, 1.54) is 6.07 Å². The maximum atomic E-state index is 12.1. The number of halogens is 3. The Bertz CT molecular complexity index is 399. The molecule has 0 saturated heterocycles. The molecule has 1 rings (SSSR count). The van der Waals surface area contributed by atoms with E-state index in [2.05, 4.69) is 30.8 Å². The lowest BCUT2D eigenvalue weighted by Crippen LogP contribution is -2.15. The fraction of sp³-hybridized carbons (Fsp3) is 0.571. The van der Waals surface area contributed by atoms with Gasteiger partial charge in [-0.05, 0) is 43.9 Å². The van der Waals surface area contributed by atoms with Gasteiger partial charge in [-0.1, -0.05) is 25.4 Å². The summed E-state index contributed by atoms with van der Waals surface area (Å²) in [5, 5.41) is 3.47. The van der Waals surface area contributed by atoms with Crippen molar-refractivity contribution in [3.05, 3.63) is 23.2 Å². The fourth-order valence-electron chi connectivity index (χ4n) is 1.72. The topological polar surface area (TPSA) is 21.3 Å². The molecule has 108 valence electrons. The number of hydrogen-bond donors (Lipinski definition) is 1. The van der Waals surface area contributed by atoms with Gasteiger partial charge in [0.25, 0.3) is 0 Å². The van der Waals surface area contributed by atoms with Gasteiger partial charge in [0.15, 0.2) is 0 Å². The van der Waals surface area contributed by atoms with Crippen LogP contribution in [-0.2, 0) is 0 Å². The van der Waals surface area contributed by atoms with Crippen molar-refractivity contribution in [3.63, 3.8) is 0 Å². The van der Waals surface area contributed by atoms with Crippen LogP contribution in [0.25, 0.3) is 0 Å². The van der Waals surface area contributed by atoms with Crippen LogP contribution < -0.4 is 10.1 Å². The molecule has 0 bridgehead atoms. The molecule has 0 saturated carbocycles. The third-order valence-electron chi connectivity index (χ3n) is 2.74. The second-order valence-corrected chi connectivity index (χ2v) is 5.45. The minimum Gasteiger partial charge on any atom is -0.433 e. The summed E-state index contributed by atoms with van der Waals surface area (Å²) in [6, 6.07) is 5.05. The molecule has 1 N–H and O–H groups in total. The summed E-state index contributed by atoms with van der Waals surface area (Å²) >= 11 is 5.89. The highest BCUT2D eigenvalue weighted by atomic mass is 35.5. The number of benzene rings is 1. The zero-order valence-electron chi connectivity index (χ0n) is 11.4. The van der Waals surface area contributed by atoms with Gasteiger partial charge in [0.05, 0.1) is 5.02 Å². The largest absolute Gasteiger partial charge is 0.433 e. The second-order valence-electron chi connectivity index (χ2n) is 5.04. The Hall–Kier alpha value is -1.03. The van der Waals surface area contributed by atoms with Crippen molar-refractivity contribution in [1.82, 2.24) is 0 Å². The quantitative estimate of drug-likeness (QED) is 0.747.